The van der Waals surface area contributed by atoms with Crippen LogP contribution in [-0.4, -0.2) is 45.5 Å². The lowest BCUT2D eigenvalue weighted by Gasteiger charge is -2.29. The predicted molar refractivity (Wildman–Crippen MR) is 90.3 cm³/mol. The molecule has 1 saturated heterocycles. The number of hydrogen-bond donors (Lipinski definition) is 1. The Morgan fingerprint density at radius 1 is 1.52 bits per heavy atom. The fourth-order valence-electron chi connectivity index (χ4n) is 2.82. The Labute approximate surface area is 139 Å². The van der Waals surface area contributed by atoms with E-state index in [1.807, 2.05) is 36.5 Å². The van der Waals surface area contributed by atoms with Crippen LogP contribution < -0.4 is 5.32 Å². The van der Waals surface area contributed by atoms with E-state index in [1.54, 1.807) is 0 Å². The molecule has 0 aromatic carbocycles. The van der Waals surface area contributed by atoms with Gasteiger partial charge in [0.15, 0.2) is 0 Å². The number of hydrogen-bond acceptors (Lipinski definition) is 4. The second kappa shape index (κ2) is 7.34. The fraction of sp³-hybridized carbons (Fsp3) is 0.765. The summed E-state index contributed by atoms with van der Waals surface area (Å²) in [5.74, 6) is 0. The third-order valence-electron chi connectivity index (χ3n) is 4.14. The van der Waals surface area contributed by atoms with Crippen LogP contribution in [0.4, 0.5) is 4.79 Å². The van der Waals surface area contributed by atoms with Crippen LogP contribution in [-0.2, 0) is 11.3 Å². The minimum absolute atomic E-state index is 0.201. The Balaban J connectivity index is 1.87. The SMILES string of the molecule is CCn1cc(C(C)NCC2CCCN2C(=O)OC(C)(C)C)cn1. The van der Waals surface area contributed by atoms with Crippen molar-refractivity contribution in [2.75, 3.05) is 13.1 Å². The predicted octanol–water partition coefficient (Wildman–Crippen LogP) is 2.95. The number of carbonyl (C=O) groups excluding carboxylic acids is 1. The molecule has 0 saturated carbocycles. The monoisotopic (exact) mass is 322 g/mol. The van der Waals surface area contributed by atoms with Crippen LogP contribution in [0.2, 0.25) is 0 Å². The molecule has 1 aliphatic rings. The maximum absolute atomic E-state index is 12.3. The standard InChI is InChI=1S/C17H30N4O2/c1-6-20-12-14(10-19-20)13(2)18-11-15-8-7-9-21(15)16(22)23-17(3,4)5/h10,12-13,15,18H,6-9,11H2,1-5H3. The Hall–Kier alpha value is -1.56. The molecule has 6 heteroatoms. The molecule has 0 aliphatic carbocycles. The van der Waals surface area contributed by atoms with Crippen molar-refractivity contribution in [1.82, 2.24) is 20.0 Å². The van der Waals surface area contributed by atoms with Crippen molar-refractivity contribution in [3.8, 4) is 0 Å². The lowest BCUT2D eigenvalue weighted by molar-refractivity contribution is 0.0225. The highest BCUT2D eigenvalue weighted by atomic mass is 16.6. The molecule has 2 heterocycles. The average Bonchev–Trinajstić information content (AvgIpc) is 3.11. The number of nitrogens with zero attached hydrogens (tertiary/aromatic N) is 3. The van der Waals surface area contributed by atoms with E-state index < -0.39 is 5.60 Å². The molecule has 6 nitrogen and oxygen atoms in total. The average molecular weight is 322 g/mol. The van der Waals surface area contributed by atoms with Gasteiger partial charge >= 0.3 is 6.09 Å². The summed E-state index contributed by atoms with van der Waals surface area (Å²) < 4.78 is 7.43. The molecular formula is C17H30N4O2. The number of nitrogens with one attached hydrogen (secondary N) is 1. The number of aryl methyl sites for hydroxylation is 1. The molecule has 1 aromatic heterocycles. The van der Waals surface area contributed by atoms with Crippen LogP contribution in [0.15, 0.2) is 12.4 Å². The van der Waals surface area contributed by atoms with Crippen molar-refractivity contribution in [3.63, 3.8) is 0 Å². The largest absolute Gasteiger partial charge is 0.444 e. The fourth-order valence-corrected chi connectivity index (χ4v) is 2.82. The summed E-state index contributed by atoms with van der Waals surface area (Å²) in [6.07, 6.45) is 5.83. The van der Waals surface area contributed by atoms with Gasteiger partial charge in [0.2, 0.25) is 0 Å². The zero-order valence-corrected chi connectivity index (χ0v) is 15.0. The molecule has 1 aliphatic heterocycles. The lowest BCUT2D eigenvalue weighted by atomic mass is 10.1. The lowest BCUT2D eigenvalue weighted by Crippen LogP contribution is -2.44. The van der Waals surface area contributed by atoms with Gasteiger partial charge in [-0.3, -0.25) is 4.68 Å². The molecule has 2 unspecified atom stereocenters. The Kier molecular flexibility index (Phi) is 5.68. The normalized spacial score (nSPS) is 19.9. The number of carbonyl (C=O) groups is 1. The molecule has 1 aromatic rings. The first-order chi connectivity index (χ1) is 10.8. The molecule has 0 spiro atoms. The maximum atomic E-state index is 12.3. The molecule has 23 heavy (non-hydrogen) atoms. The van der Waals surface area contributed by atoms with Gasteiger partial charge in [-0.15, -0.1) is 0 Å². The van der Waals surface area contributed by atoms with Gasteiger partial charge in [0.25, 0.3) is 0 Å². The van der Waals surface area contributed by atoms with Crippen LogP contribution in [0, 0.1) is 0 Å². The zero-order chi connectivity index (χ0) is 17.0. The van der Waals surface area contributed by atoms with E-state index in [1.165, 1.54) is 5.56 Å². The smallest absolute Gasteiger partial charge is 0.410 e. The first-order valence-corrected chi connectivity index (χ1v) is 8.55. The number of rotatable bonds is 5. The van der Waals surface area contributed by atoms with Crippen molar-refractivity contribution < 1.29 is 9.53 Å². The zero-order valence-electron chi connectivity index (χ0n) is 15.0. The molecule has 1 N–H and O–H groups in total. The summed E-state index contributed by atoms with van der Waals surface area (Å²) in [6.45, 7) is 12.4. The van der Waals surface area contributed by atoms with Gasteiger partial charge in [0, 0.05) is 43.5 Å². The van der Waals surface area contributed by atoms with Gasteiger partial charge in [-0.05, 0) is 47.5 Å². The van der Waals surface area contributed by atoms with E-state index in [0.29, 0.717) is 0 Å². The molecule has 0 radical (unpaired) electrons. The van der Waals surface area contributed by atoms with Crippen LogP contribution in [0.3, 0.4) is 0 Å². The van der Waals surface area contributed by atoms with E-state index in [0.717, 1.165) is 32.5 Å². The van der Waals surface area contributed by atoms with Gasteiger partial charge in [0.05, 0.1) is 6.20 Å². The molecule has 1 fully saturated rings. The van der Waals surface area contributed by atoms with Crippen molar-refractivity contribution in [1.29, 1.82) is 0 Å². The van der Waals surface area contributed by atoms with E-state index in [2.05, 4.69) is 30.5 Å². The van der Waals surface area contributed by atoms with E-state index in [4.69, 9.17) is 4.74 Å². The van der Waals surface area contributed by atoms with E-state index in [-0.39, 0.29) is 18.2 Å². The summed E-state index contributed by atoms with van der Waals surface area (Å²) in [4.78, 5) is 14.2. The maximum Gasteiger partial charge on any atom is 0.410 e. The summed E-state index contributed by atoms with van der Waals surface area (Å²) in [6, 6.07) is 0.421. The summed E-state index contributed by atoms with van der Waals surface area (Å²) in [5.41, 5.74) is 0.730. The van der Waals surface area contributed by atoms with Crippen LogP contribution in [0.5, 0.6) is 0 Å². The molecule has 1 amide bonds. The third-order valence-corrected chi connectivity index (χ3v) is 4.14. The van der Waals surface area contributed by atoms with E-state index in [9.17, 15) is 4.79 Å². The highest BCUT2D eigenvalue weighted by molar-refractivity contribution is 5.69. The second-order valence-corrected chi connectivity index (χ2v) is 7.23. The van der Waals surface area contributed by atoms with Crippen LogP contribution in [0.25, 0.3) is 0 Å². The second-order valence-electron chi connectivity index (χ2n) is 7.23. The van der Waals surface area contributed by atoms with Gasteiger partial charge in [0.1, 0.15) is 5.60 Å². The topological polar surface area (TPSA) is 59.4 Å². The highest BCUT2D eigenvalue weighted by Gasteiger charge is 2.32. The first kappa shape index (κ1) is 17.8. The Morgan fingerprint density at radius 3 is 2.87 bits per heavy atom. The van der Waals surface area contributed by atoms with Crippen molar-refractivity contribution in [3.05, 3.63) is 18.0 Å². The summed E-state index contributed by atoms with van der Waals surface area (Å²) >= 11 is 0. The quantitative estimate of drug-likeness (QED) is 0.905. The number of ether oxygens (including phenoxy) is 1. The summed E-state index contributed by atoms with van der Waals surface area (Å²) in [5, 5.41) is 7.83. The van der Waals surface area contributed by atoms with Gasteiger partial charge in [-0.1, -0.05) is 0 Å². The first-order valence-electron chi connectivity index (χ1n) is 8.55. The van der Waals surface area contributed by atoms with Gasteiger partial charge < -0.3 is 15.0 Å². The minimum Gasteiger partial charge on any atom is -0.444 e. The molecule has 130 valence electrons. The minimum atomic E-state index is -0.445. The number of aromatic nitrogens is 2. The van der Waals surface area contributed by atoms with Crippen molar-refractivity contribution in [2.45, 2.75) is 71.7 Å². The molecule has 0 bridgehead atoms. The van der Waals surface area contributed by atoms with Crippen molar-refractivity contribution >= 4 is 6.09 Å². The summed E-state index contributed by atoms with van der Waals surface area (Å²) in [7, 11) is 0. The van der Waals surface area contributed by atoms with Crippen LogP contribution >= 0.6 is 0 Å². The van der Waals surface area contributed by atoms with E-state index >= 15 is 0 Å². The Bertz CT molecular complexity index is 521. The molecule has 2 atom stereocenters. The number of amides is 1. The Morgan fingerprint density at radius 2 is 2.26 bits per heavy atom. The van der Waals surface area contributed by atoms with Gasteiger partial charge in [-0.25, -0.2) is 4.79 Å². The molecule has 2 rings (SSSR count). The van der Waals surface area contributed by atoms with Crippen molar-refractivity contribution in [2.24, 2.45) is 0 Å². The third kappa shape index (κ3) is 4.96. The van der Waals surface area contributed by atoms with Crippen LogP contribution in [0.1, 0.15) is 59.1 Å². The number of likely N-dealkylation sites (tertiary alicyclic amines) is 1. The van der Waals surface area contributed by atoms with Gasteiger partial charge in [-0.2, -0.15) is 5.10 Å². The molecular weight excluding hydrogens is 292 g/mol. The highest BCUT2D eigenvalue weighted by Crippen LogP contribution is 2.21.